The van der Waals surface area contributed by atoms with E-state index in [1.54, 1.807) is 30.5 Å². The van der Waals surface area contributed by atoms with Crippen LogP contribution in [-0.2, 0) is 11.3 Å². The number of phenolic OH excluding ortho intramolecular Hbond substituents is 1. The topological polar surface area (TPSA) is 79.6 Å². The molecule has 0 unspecified atom stereocenters. The summed E-state index contributed by atoms with van der Waals surface area (Å²) in [6.07, 6.45) is 3.50. The SMILES string of the molecule is O=C(Nc1cnn(CCN2CCOCC2)c1)c1cccc2cc(O)ccc12. The highest BCUT2D eigenvalue weighted by Crippen LogP contribution is 2.24. The Morgan fingerprint density at radius 3 is 2.89 bits per heavy atom. The molecule has 4 rings (SSSR count). The summed E-state index contributed by atoms with van der Waals surface area (Å²) in [5, 5.41) is 18.5. The summed E-state index contributed by atoms with van der Waals surface area (Å²) in [5.74, 6) is -0.0133. The summed E-state index contributed by atoms with van der Waals surface area (Å²) in [6.45, 7) is 5.13. The molecule has 2 heterocycles. The standard InChI is InChI=1S/C20H22N4O3/c25-17-4-5-18-15(12-17)2-1-3-19(18)20(26)22-16-13-21-24(14-16)7-6-23-8-10-27-11-9-23/h1-5,12-14,25H,6-11H2,(H,22,26). The second-order valence-corrected chi connectivity index (χ2v) is 6.61. The van der Waals surface area contributed by atoms with Crippen molar-refractivity contribution in [1.29, 1.82) is 0 Å². The summed E-state index contributed by atoms with van der Waals surface area (Å²) >= 11 is 0. The minimum absolute atomic E-state index is 0.182. The highest BCUT2D eigenvalue weighted by molar-refractivity contribution is 6.13. The minimum Gasteiger partial charge on any atom is -0.508 e. The van der Waals surface area contributed by atoms with E-state index in [0.717, 1.165) is 50.2 Å². The lowest BCUT2D eigenvalue weighted by molar-refractivity contribution is 0.0360. The molecule has 1 saturated heterocycles. The van der Waals surface area contributed by atoms with Gasteiger partial charge >= 0.3 is 0 Å². The first kappa shape index (κ1) is 17.5. The van der Waals surface area contributed by atoms with E-state index in [2.05, 4.69) is 15.3 Å². The van der Waals surface area contributed by atoms with Crippen LogP contribution in [0.25, 0.3) is 10.8 Å². The fraction of sp³-hybridized carbons (Fsp3) is 0.300. The van der Waals surface area contributed by atoms with Crippen molar-refractivity contribution in [2.24, 2.45) is 0 Å². The van der Waals surface area contributed by atoms with Gasteiger partial charge < -0.3 is 15.2 Å². The monoisotopic (exact) mass is 366 g/mol. The number of hydrogen-bond acceptors (Lipinski definition) is 5. The average Bonchev–Trinajstić information content (AvgIpc) is 3.13. The van der Waals surface area contributed by atoms with E-state index in [9.17, 15) is 9.90 Å². The second kappa shape index (κ2) is 7.77. The van der Waals surface area contributed by atoms with Crippen LogP contribution in [0.3, 0.4) is 0 Å². The normalized spacial score (nSPS) is 15.1. The number of carbonyl (C=O) groups excluding carboxylic acids is 1. The number of fused-ring (bicyclic) bond motifs is 1. The zero-order chi connectivity index (χ0) is 18.6. The summed E-state index contributed by atoms with van der Waals surface area (Å²) in [4.78, 5) is 15.0. The first-order valence-electron chi connectivity index (χ1n) is 9.05. The van der Waals surface area contributed by atoms with Crippen molar-refractivity contribution in [3.8, 4) is 5.75 Å². The van der Waals surface area contributed by atoms with E-state index in [1.807, 2.05) is 23.0 Å². The lowest BCUT2D eigenvalue weighted by Crippen LogP contribution is -2.38. The van der Waals surface area contributed by atoms with Crippen LogP contribution in [-0.4, -0.2) is 58.5 Å². The van der Waals surface area contributed by atoms with Gasteiger partial charge in [-0.15, -0.1) is 0 Å². The summed E-state index contributed by atoms with van der Waals surface area (Å²) in [6, 6.07) is 10.4. The van der Waals surface area contributed by atoms with Crippen LogP contribution < -0.4 is 5.32 Å². The van der Waals surface area contributed by atoms with Gasteiger partial charge in [0.25, 0.3) is 5.91 Å². The molecule has 1 fully saturated rings. The molecule has 2 aromatic carbocycles. The number of benzene rings is 2. The lowest BCUT2D eigenvalue weighted by Gasteiger charge is -2.26. The maximum atomic E-state index is 12.7. The van der Waals surface area contributed by atoms with Crippen LogP contribution in [0.5, 0.6) is 5.75 Å². The number of amides is 1. The van der Waals surface area contributed by atoms with Gasteiger partial charge in [-0.25, -0.2) is 0 Å². The quantitative estimate of drug-likeness (QED) is 0.724. The molecule has 140 valence electrons. The van der Waals surface area contributed by atoms with Crippen LogP contribution >= 0.6 is 0 Å². The first-order chi connectivity index (χ1) is 13.2. The predicted molar refractivity (Wildman–Crippen MR) is 103 cm³/mol. The maximum absolute atomic E-state index is 12.7. The molecule has 27 heavy (non-hydrogen) atoms. The van der Waals surface area contributed by atoms with E-state index < -0.39 is 0 Å². The fourth-order valence-corrected chi connectivity index (χ4v) is 3.29. The Bertz CT molecular complexity index is 947. The summed E-state index contributed by atoms with van der Waals surface area (Å²) < 4.78 is 7.19. The molecule has 0 radical (unpaired) electrons. The van der Waals surface area contributed by atoms with E-state index in [4.69, 9.17) is 4.74 Å². The number of hydrogen-bond donors (Lipinski definition) is 2. The number of nitrogens with one attached hydrogen (secondary N) is 1. The number of anilines is 1. The number of aromatic nitrogens is 2. The molecule has 1 amide bonds. The van der Waals surface area contributed by atoms with Gasteiger partial charge in [0.1, 0.15) is 5.75 Å². The Kier molecular flexibility index (Phi) is 5.04. The van der Waals surface area contributed by atoms with Gasteiger partial charge in [0.15, 0.2) is 0 Å². The minimum atomic E-state index is -0.195. The number of aromatic hydroxyl groups is 1. The first-order valence-corrected chi connectivity index (χ1v) is 9.05. The Balaban J connectivity index is 1.42. The molecule has 1 aliphatic rings. The van der Waals surface area contributed by atoms with Crippen LogP contribution in [0.1, 0.15) is 10.4 Å². The number of ether oxygens (including phenoxy) is 1. The van der Waals surface area contributed by atoms with Crippen LogP contribution in [0.15, 0.2) is 48.8 Å². The Morgan fingerprint density at radius 1 is 1.19 bits per heavy atom. The third-order valence-corrected chi connectivity index (χ3v) is 4.75. The van der Waals surface area contributed by atoms with E-state index in [0.29, 0.717) is 11.3 Å². The van der Waals surface area contributed by atoms with Gasteiger partial charge in [0.05, 0.1) is 31.6 Å². The largest absolute Gasteiger partial charge is 0.508 e. The van der Waals surface area contributed by atoms with Gasteiger partial charge in [0.2, 0.25) is 0 Å². The number of rotatable bonds is 5. The second-order valence-electron chi connectivity index (χ2n) is 6.61. The van der Waals surface area contributed by atoms with Gasteiger partial charge in [-0.05, 0) is 35.0 Å². The van der Waals surface area contributed by atoms with Crippen LogP contribution in [0, 0.1) is 0 Å². The third kappa shape index (κ3) is 4.10. The predicted octanol–water partition coefficient (Wildman–Crippen LogP) is 2.33. The molecule has 0 bridgehead atoms. The molecule has 3 aromatic rings. The van der Waals surface area contributed by atoms with Gasteiger partial charge in [-0.3, -0.25) is 14.4 Å². The molecule has 1 aromatic heterocycles. The Labute approximate surface area is 157 Å². The van der Waals surface area contributed by atoms with Crippen LogP contribution in [0.4, 0.5) is 5.69 Å². The molecule has 1 aliphatic heterocycles. The molecule has 0 saturated carbocycles. The van der Waals surface area contributed by atoms with Crippen molar-refractivity contribution in [2.45, 2.75) is 6.54 Å². The number of morpholine rings is 1. The van der Waals surface area contributed by atoms with Crippen molar-refractivity contribution in [3.05, 3.63) is 54.4 Å². The molecule has 2 N–H and O–H groups in total. The zero-order valence-corrected chi connectivity index (χ0v) is 15.0. The van der Waals surface area contributed by atoms with Gasteiger partial charge in [0, 0.05) is 31.4 Å². The smallest absolute Gasteiger partial charge is 0.256 e. The van der Waals surface area contributed by atoms with E-state index in [-0.39, 0.29) is 11.7 Å². The molecule has 0 aliphatic carbocycles. The molecular weight excluding hydrogens is 344 g/mol. The van der Waals surface area contributed by atoms with Crippen molar-refractivity contribution >= 4 is 22.4 Å². The van der Waals surface area contributed by atoms with Crippen molar-refractivity contribution in [2.75, 3.05) is 38.2 Å². The molecule has 7 nitrogen and oxygen atoms in total. The van der Waals surface area contributed by atoms with Crippen molar-refractivity contribution in [1.82, 2.24) is 14.7 Å². The maximum Gasteiger partial charge on any atom is 0.256 e. The highest BCUT2D eigenvalue weighted by Gasteiger charge is 2.13. The highest BCUT2D eigenvalue weighted by atomic mass is 16.5. The average molecular weight is 366 g/mol. The van der Waals surface area contributed by atoms with Crippen LogP contribution in [0.2, 0.25) is 0 Å². The Morgan fingerprint density at radius 2 is 2.04 bits per heavy atom. The van der Waals surface area contributed by atoms with E-state index >= 15 is 0 Å². The molecular formula is C20H22N4O3. The number of nitrogens with zero attached hydrogens (tertiary/aromatic N) is 3. The zero-order valence-electron chi connectivity index (χ0n) is 15.0. The summed E-state index contributed by atoms with van der Waals surface area (Å²) in [7, 11) is 0. The summed E-state index contributed by atoms with van der Waals surface area (Å²) in [5.41, 5.74) is 1.23. The molecule has 7 heteroatoms. The van der Waals surface area contributed by atoms with Gasteiger partial charge in [-0.2, -0.15) is 5.10 Å². The molecule has 0 atom stereocenters. The molecule has 0 spiro atoms. The van der Waals surface area contributed by atoms with Crippen molar-refractivity contribution < 1.29 is 14.6 Å². The fourth-order valence-electron chi connectivity index (χ4n) is 3.29. The van der Waals surface area contributed by atoms with E-state index in [1.165, 1.54) is 0 Å². The van der Waals surface area contributed by atoms with Gasteiger partial charge in [-0.1, -0.05) is 12.1 Å². The van der Waals surface area contributed by atoms with Crippen molar-refractivity contribution in [3.63, 3.8) is 0 Å². The number of carbonyl (C=O) groups is 1. The Hall–Kier alpha value is -2.90. The number of phenols is 1. The third-order valence-electron chi connectivity index (χ3n) is 4.75. The lowest BCUT2D eigenvalue weighted by atomic mass is 10.0.